The highest BCUT2D eigenvalue weighted by atomic mass is 32.2. The van der Waals surface area contributed by atoms with Crippen molar-refractivity contribution in [2.24, 2.45) is 5.92 Å². The van der Waals surface area contributed by atoms with Crippen LogP contribution in [-0.2, 0) is 14.9 Å². The first-order valence-electron chi connectivity index (χ1n) is 6.95. The van der Waals surface area contributed by atoms with Gasteiger partial charge in [0.15, 0.2) is 0 Å². The van der Waals surface area contributed by atoms with Crippen molar-refractivity contribution in [1.29, 1.82) is 0 Å². The first-order valence-corrected chi connectivity index (χ1v) is 8.34. The van der Waals surface area contributed by atoms with E-state index in [1.807, 2.05) is 13.8 Å². The highest BCUT2D eigenvalue weighted by molar-refractivity contribution is 7.86. The lowest BCUT2D eigenvalue weighted by atomic mass is 10.0. The fourth-order valence-corrected chi connectivity index (χ4v) is 4.75. The number of hydrogen-bond donors (Lipinski definition) is 1. The molecule has 0 aromatic heterocycles. The van der Waals surface area contributed by atoms with Crippen LogP contribution in [0.4, 0.5) is 0 Å². The van der Waals surface area contributed by atoms with E-state index in [1.54, 1.807) is 0 Å². The third kappa shape index (κ3) is 3.46. The van der Waals surface area contributed by atoms with Crippen LogP contribution in [0.5, 0.6) is 0 Å². The van der Waals surface area contributed by atoms with E-state index in [-0.39, 0.29) is 24.7 Å². The zero-order valence-electron chi connectivity index (χ0n) is 11.7. The van der Waals surface area contributed by atoms with Crippen LogP contribution in [0.2, 0.25) is 0 Å². The Labute approximate surface area is 115 Å². The molecule has 1 N–H and O–H groups in total. The summed E-state index contributed by atoms with van der Waals surface area (Å²) in [7, 11) is -3.42. The summed E-state index contributed by atoms with van der Waals surface area (Å²) in [5.74, 6) is 0.0689. The molecule has 0 spiro atoms. The summed E-state index contributed by atoms with van der Waals surface area (Å²) < 4.78 is 33.8. The second-order valence-corrected chi connectivity index (χ2v) is 7.56. The highest BCUT2D eigenvalue weighted by Crippen LogP contribution is 2.23. The summed E-state index contributed by atoms with van der Waals surface area (Å²) in [5.41, 5.74) is 0. The predicted octanol–water partition coefficient (Wildman–Crippen LogP) is 0.0447. The number of rotatable bonds is 3. The van der Waals surface area contributed by atoms with Gasteiger partial charge in [-0.05, 0) is 32.6 Å². The monoisotopic (exact) mass is 292 g/mol. The molecule has 2 aliphatic rings. The van der Waals surface area contributed by atoms with Crippen LogP contribution in [0.15, 0.2) is 0 Å². The first-order chi connectivity index (χ1) is 8.93. The maximum atomic E-state index is 12.6. The molecule has 2 fully saturated rings. The molecular formula is C12H24N2O4S. The molecule has 19 heavy (non-hydrogen) atoms. The molecule has 2 aliphatic heterocycles. The summed E-state index contributed by atoms with van der Waals surface area (Å²) >= 11 is 0. The lowest BCUT2D eigenvalue weighted by Gasteiger charge is -2.39. The third-order valence-electron chi connectivity index (χ3n) is 3.78. The molecule has 2 saturated heterocycles. The van der Waals surface area contributed by atoms with Crippen LogP contribution >= 0.6 is 0 Å². The third-order valence-corrected chi connectivity index (χ3v) is 5.71. The van der Waals surface area contributed by atoms with E-state index >= 15 is 0 Å². The fraction of sp³-hybridized carbons (Fsp3) is 1.00. The molecule has 6 nitrogen and oxygen atoms in total. The molecule has 0 aromatic rings. The number of morpholine rings is 1. The van der Waals surface area contributed by atoms with Crippen LogP contribution in [0.1, 0.15) is 26.7 Å². The first kappa shape index (κ1) is 15.2. The molecule has 2 heterocycles. The van der Waals surface area contributed by atoms with E-state index in [0.29, 0.717) is 26.2 Å². The molecule has 0 bridgehead atoms. The smallest absolute Gasteiger partial charge is 0.282 e. The molecule has 0 amide bonds. The fourth-order valence-electron chi connectivity index (χ4n) is 2.87. The zero-order valence-corrected chi connectivity index (χ0v) is 12.5. The van der Waals surface area contributed by atoms with Crippen LogP contribution in [-0.4, -0.2) is 67.1 Å². The number of aliphatic hydroxyl groups excluding tert-OH is 1. The Morgan fingerprint density at radius 2 is 1.79 bits per heavy atom. The minimum absolute atomic E-state index is 0.0575. The lowest BCUT2D eigenvalue weighted by molar-refractivity contribution is -0.0458. The van der Waals surface area contributed by atoms with Gasteiger partial charge in [0, 0.05) is 32.8 Å². The average Bonchev–Trinajstić information content (AvgIpc) is 2.37. The van der Waals surface area contributed by atoms with Gasteiger partial charge in [0.1, 0.15) is 0 Å². The van der Waals surface area contributed by atoms with Crippen molar-refractivity contribution in [2.45, 2.75) is 38.9 Å². The van der Waals surface area contributed by atoms with E-state index in [4.69, 9.17) is 4.74 Å². The summed E-state index contributed by atoms with van der Waals surface area (Å²) in [4.78, 5) is 0. The van der Waals surface area contributed by atoms with Crippen LogP contribution in [0.3, 0.4) is 0 Å². The quantitative estimate of drug-likeness (QED) is 0.797. The van der Waals surface area contributed by atoms with Gasteiger partial charge in [-0.3, -0.25) is 0 Å². The van der Waals surface area contributed by atoms with Crippen molar-refractivity contribution in [1.82, 2.24) is 8.61 Å². The van der Waals surface area contributed by atoms with Crippen LogP contribution < -0.4 is 0 Å². The number of ether oxygens (including phenoxy) is 1. The standard InChI is InChI=1S/C12H24N2O4S/c1-10-6-14(7-11(2)18-10)19(16,17)13-5-3-4-12(8-13)9-15/h10-12,15H,3-9H2,1-2H3. The molecular weight excluding hydrogens is 268 g/mol. The summed E-state index contributed by atoms with van der Waals surface area (Å²) in [6.07, 6.45) is 1.58. The van der Waals surface area contributed by atoms with Crippen molar-refractivity contribution >= 4 is 10.2 Å². The van der Waals surface area contributed by atoms with Crippen LogP contribution in [0, 0.1) is 5.92 Å². The maximum absolute atomic E-state index is 12.6. The van der Waals surface area contributed by atoms with Gasteiger partial charge in [-0.2, -0.15) is 17.0 Å². The van der Waals surface area contributed by atoms with Crippen LogP contribution in [0.25, 0.3) is 0 Å². The van der Waals surface area contributed by atoms with E-state index in [1.165, 1.54) is 8.61 Å². The Kier molecular flexibility index (Phi) is 4.84. The highest BCUT2D eigenvalue weighted by Gasteiger charge is 2.37. The lowest BCUT2D eigenvalue weighted by Crippen LogP contribution is -2.54. The second-order valence-electron chi connectivity index (χ2n) is 5.63. The molecule has 0 aromatic carbocycles. The zero-order chi connectivity index (χ0) is 14.0. The summed E-state index contributed by atoms with van der Waals surface area (Å²) in [5, 5.41) is 9.21. The second kappa shape index (κ2) is 6.05. The number of piperidine rings is 1. The van der Waals surface area contributed by atoms with Crippen molar-refractivity contribution < 1.29 is 18.3 Å². The average molecular weight is 292 g/mol. The van der Waals surface area contributed by atoms with Gasteiger partial charge in [-0.15, -0.1) is 0 Å². The minimum Gasteiger partial charge on any atom is -0.396 e. The maximum Gasteiger partial charge on any atom is 0.282 e. The molecule has 3 unspecified atom stereocenters. The molecule has 0 radical (unpaired) electrons. The van der Waals surface area contributed by atoms with Gasteiger partial charge in [0.25, 0.3) is 10.2 Å². The predicted molar refractivity (Wildman–Crippen MR) is 71.9 cm³/mol. The number of nitrogens with zero attached hydrogens (tertiary/aromatic N) is 2. The van der Waals surface area contributed by atoms with Gasteiger partial charge in [0.2, 0.25) is 0 Å². The Balaban J connectivity index is 2.08. The Bertz CT molecular complexity index is 391. The van der Waals surface area contributed by atoms with Crippen molar-refractivity contribution in [3.8, 4) is 0 Å². The minimum atomic E-state index is -3.42. The van der Waals surface area contributed by atoms with E-state index in [2.05, 4.69) is 0 Å². The molecule has 7 heteroatoms. The molecule has 2 rings (SSSR count). The topological polar surface area (TPSA) is 70.1 Å². The van der Waals surface area contributed by atoms with Gasteiger partial charge in [0.05, 0.1) is 12.2 Å². The van der Waals surface area contributed by atoms with Crippen molar-refractivity contribution in [3.05, 3.63) is 0 Å². The molecule has 112 valence electrons. The van der Waals surface area contributed by atoms with Gasteiger partial charge in [-0.1, -0.05) is 0 Å². The molecule has 0 aliphatic carbocycles. The van der Waals surface area contributed by atoms with Crippen molar-refractivity contribution in [2.75, 3.05) is 32.8 Å². The van der Waals surface area contributed by atoms with Gasteiger partial charge < -0.3 is 9.84 Å². The number of hydrogen-bond acceptors (Lipinski definition) is 4. The van der Waals surface area contributed by atoms with E-state index in [9.17, 15) is 13.5 Å². The van der Waals surface area contributed by atoms with E-state index in [0.717, 1.165) is 12.8 Å². The SMILES string of the molecule is CC1CN(S(=O)(=O)N2CCCC(CO)C2)CC(C)O1. The van der Waals surface area contributed by atoms with Gasteiger partial charge >= 0.3 is 0 Å². The summed E-state index contributed by atoms with van der Waals surface area (Å²) in [6, 6.07) is 0. The van der Waals surface area contributed by atoms with E-state index < -0.39 is 10.2 Å². The largest absolute Gasteiger partial charge is 0.396 e. The molecule has 3 atom stereocenters. The van der Waals surface area contributed by atoms with Crippen molar-refractivity contribution in [3.63, 3.8) is 0 Å². The Morgan fingerprint density at radius 1 is 1.16 bits per heavy atom. The Hall–Kier alpha value is -0.210. The molecule has 0 saturated carbocycles. The normalized spacial score (nSPS) is 35.4. The number of aliphatic hydroxyl groups is 1. The Morgan fingerprint density at radius 3 is 2.37 bits per heavy atom. The summed E-state index contributed by atoms with van der Waals surface area (Å²) in [6.45, 7) is 5.65. The van der Waals surface area contributed by atoms with Gasteiger partial charge in [-0.25, -0.2) is 0 Å².